The normalized spacial score (nSPS) is 14.9. The molecule has 1 aromatic carbocycles. The summed E-state index contributed by atoms with van der Waals surface area (Å²) in [4.78, 5) is 18.4. The summed E-state index contributed by atoms with van der Waals surface area (Å²) in [6.07, 6.45) is 0. The summed E-state index contributed by atoms with van der Waals surface area (Å²) >= 11 is 0. The minimum absolute atomic E-state index is 0.120. The number of aliphatic carboxylic acids is 1. The standard InChI is InChI=1S/C12H14N2O2/c1-7(8(2)12(15)16)11-13-9-5-3-4-6-10(9)14-11/h3-8H,1-2H3,(H,13,14)(H,15,16). The van der Waals surface area contributed by atoms with Gasteiger partial charge in [-0.15, -0.1) is 0 Å². The molecule has 2 aromatic rings. The lowest BCUT2D eigenvalue weighted by Crippen LogP contribution is -2.17. The molecule has 2 rings (SSSR count). The number of aromatic amines is 1. The van der Waals surface area contributed by atoms with Gasteiger partial charge >= 0.3 is 5.97 Å². The van der Waals surface area contributed by atoms with E-state index in [2.05, 4.69) is 9.97 Å². The zero-order valence-corrected chi connectivity index (χ0v) is 9.27. The lowest BCUT2D eigenvalue weighted by atomic mass is 9.96. The Morgan fingerprint density at radius 1 is 1.38 bits per heavy atom. The van der Waals surface area contributed by atoms with Gasteiger partial charge in [-0.2, -0.15) is 0 Å². The lowest BCUT2D eigenvalue weighted by Gasteiger charge is -2.12. The van der Waals surface area contributed by atoms with Crippen LogP contribution in [0.3, 0.4) is 0 Å². The van der Waals surface area contributed by atoms with E-state index in [9.17, 15) is 4.79 Å². The second kappa shape index (κ2) is 3.96. The van der Waals surface area contributed by atoms with Crippen molar-refractivity contribution in [3.05, 3.63) is 30.1 Å². The van der Waals surface area contributed by atoms with Crippen molar-refractivity contribution in [2.75, 3.05) is 0 Å². The van der Waals surface area contributed by atoms with Crippen LogP contribution in [0.4, 0.5) is 0 Å². The van der Waals surface area contributed by atoms with Crippen molar-refractivity contribution in [2.45, 2.75) is 19.8 Å². The van der Waals surface area contributed by atoms with E-state index in [0.717, 1.165) is 16.9 Å². The Morgan fingerprint density at radius 3 is 2.69 bits per heavy atom. The van der Waals surface area contributed by atoms with Crippen LogP contribution in [0, 0.1) is 5.92 Å². The van der Waals surface area contributed by atoms with Gasteiger partial charge in [0.25, 0.3) is 0 Å². The molecule has 0 radical (unpaired) electrons. The highest BCUT2D eigenvalue weighted by molar-refractivity contribution is 5.75. The molecule has 0 bridgehead atoms. The molecule has 1 aromatic heterocycles. The molecule has 2 unspecified atom stereocenters. The third-order valence-corrected chi connectivity index (χ3v) is 2.98. The summed E-state index contributed by atoms with van der Waals surface area (Å²) in [7, 11) is 0. The average molecular weight is 218 g/mol. The maximum Gasteiger partial charge on any atom is 0.306 e. The molecule has 84 valence electrons. The first kappa shape index (κ1) is 10.7. The molecule has 16 heavy (non-hydrogen) atoms. The fourth-order valence-corrected chi connectivity index (χ4v) is 1.64. The van der Waals surface area contributed by atoms with E-state index < -0.39 is 11.9 Å². The molecule has 0 aliphatic carbocycles. The second-order valence-electron chi connectivity index (χ2n) is 4.05. The Bertz CT molecular complexity index is 485. The summed E-state index contributed by atoms with van der Waals surface area (Å²) < 4.78 is 0. The van der Waals surface area contributed by atoms with Crippen molar-refractivity contribution in [3.63, 3.8) is 0 Å². The van der Waals surface area contributed by atoms with Gasteiger partial charge in [-0.25, -0.2) is 4.98 Å². The number of fused-ring (bicyclic) bond motifs is 1. The molecular weight excluding hydrogens is 204 g/mol. The number of H-pyrrole nitrogens is 1. The maximum atomic E-state index is 10.9. The number of carbonyl (C=O) groups is 1. The molecule has 0 saturated heterocycles. The van der Waals surface area contributed by atoms with Gasteiger partial charge in [0.15, 0.2) is 0 Å². The Balaban J connectivity index is 2.36. The molecule has 0 aliphatic heterocycles. The number of carboxylic acids is 1. The Hall–Kier alpha value is -1.84. The van der Waals surface area contributed by atoms with E-state index in [1.54, 1.807) is 6.92 Å². The van der Waals surface area contributed by atoms with Crippen LogP contribution in [0.5, 0.6) is 0 Å². The van der Waals surface area contributed by atoms with Crippen molar-refractivity contribution in [2.24, 2.45) is 5.92 Å². The fraction of sp³-hybridized carbons (Fsp3) is 0.333. The van der Waals surface area contributed by atoms with Gasteiger partial charge < -0.3 is 10.1 Å². The third-order valence-electron chi connectivity index (χ3n) is 2.98. The van der Waals surface area contributed by atoms with Gasteiger partial charge in [-0.3, -0.25) is 4.79 Å². The first-order chi connectivity index (χ1) is 7.59. The first-order valence-electron chi connectivity index (χ1n) is 5.27. The maximum absolute atomic E-state index is 10.9. The van der Waals surface area contributed by atoms with Crippen LogP contribution in [0.2, 0.25) is 0 Å². The van der Waals surface area contributed by atoms with Crippen LogP contribution in [0.25, 0.3) is 11.0 Å². The van der Waals surface area contributed by atoms with Crippen molar-refractivity contribution < 1.29 is 9.90 Å². The predicted octanol–water partition coefficient (Wildman–Crippen LogP) is 2.39. The number of nitrogens with one attached hydrogen (secondary N) is 1. The molecule has 1 heterocycles. The van der Waals surface area contributed by atoms with Crippen LogP contribution >= 0.6 is 0 Å². The van der Waals surface area contributed by atoms with Gasteiger partial charge in [0.1, 0.15) is 5.82 Å². The Labute approximate surface area is 93.3 Å². The van der Waals surface area contributed by atoms with E-state index in [-0.39, 0.29) is 5.92 Å². The highest BCUT2D eigenvalue weighted by atomic mass is 16.4. The molecule has 0 saturated carbocycles. The van der Waals surface area contributed by atoms with Crippen molar-refractivity contribution in [1.82, 2.24) is 9.97 Å². The van der Waals surface area contributed by atoms with E-state index in [1.165, 1.54) is 0 Å². The zero-order chi connectivity index (χ0) is 11.7. The molecular formula is C12H14N2O2. The molecule has 0 spiro atoms. The lowest BCUT2D eigenvalue weighted by molar-refractivity contribution is -0.141. The predicted molar refractivity (Wildman–Crippen MR) is 61.3 cm³/mol. The number of para-hydroxylation sites is 2. The highest BCUT2D eigenvalue weighted by Crippen LogP contribution is 2.24. The van der Waals surface area contributed by atoms with Crippen LogP contribution in [0.1, 0.15) is 25.6 Å². The number of hydrogen-bond donors (Lipinski definition) is 2. The highest BCUT2D eigenvalue weighted by Gasteiger charge is 2.23. The fourth-order valence-electron chi connectivity index (χ4n) is 1.64. The van der Waals surface area contributed by atoms with Crippen molar-refractivity contribution in [1.29, 1.82) is 0 Å². The van der Waals surface area contributed by atoms with Crippen LogP contribution in [-0.2, 0) is 4.79 Å². The van der Waals surface area contributed by atoms with Crippen LogP contribution < -0.4 is 0 Å². The van der Waals surface area contributed by atoms with Gasteiger partial charge in [0, 0.05) is 5.92 Å². The number of aromatic nitrogens is 2. The van der Waals surface area contributed by atoms with Crippen molar-refractivity contribution in [3.8, 4) is 0 Å². The smallest absolute Gasteiger partial charge is 0.306 e. The second-order valence-corrected chi connectivity index (χ2v) is 4.05. The number of imidazole rings is 1. The van der Waals surface area contributed by atoms with E-state index >= 15 is 0 Å². The summed E-state index contributed by atoms with van der Waals surface area (Å²) in [5.74, 6) is -0.630. The quantitative estimate of drug-likeness (QED) is 0.831. The first-order valence-corrected chi connectivity index (χ1v) is 5.27. The SMILES string of the molecule is CC(C(=O)O)C(C)c1nc2ccccc2[nH]1. The van der Waals surface area contributed by atoms with E-state index in [1.807, 2.05) is 31.2 Å². The summed E-state index contributed by atoms with van der Waals surface area (Å²) in [6.45, 7) is 3.57. The Morgan fingerprint density at radius 2 is 2.06 bits per heavy atom. The molecule has 4 heteroatoms. The number of hydrogen-bond acceptors (Lipinski definition) is 2. The monoisotopic (exact) mass is 218 g/mol. The molecule has 0 amide bonds. The van der Waals surface area contributed by atoms with Gasteiger partial charge in [-0.1, -0.05) is 26.0 Å². The minimum atomic E-state index is -0.798. The van der Waals surface area contributed by atoms with E-state index in [0.29, 0.717) is 0 Å². The van der Waals surface area contributed by atoms with Gasteiger partial charge in [0.05, 0.1) is 17.0 Å². The molecule has 4 nitrogen and oxygen atoms in total. The average Bonchev–Trinajstić information content (AvgIpc) is 2.70. The number of rotatable bonds is 3. The summed E-state index contributed by atoms with van der Waals surface area (Å²) in [5, 5.41) is 8.95. The third kappa shape index (κ3) is 1.78. The molecule has 2 atom stereocenters. The van der Waals surface area contributed by atoms with Crippen LogP contribution in [0.15, 0.2) is 24.3 Å². The summed E-state index contributed by atoms with van der Waals surface area (Å²) in [5.41, 5.74) is 1.82. The number of nitrogens with zero attached hydrogens (tertiary/aromatic N) is 1. The molecule has 0 fully saturated rings. The number of carboxylic acid groups (broad SMARTS) is 1. The van der Waals surface area contributed by atoms with Gasteiger partial charge in [0.2, 0.25) is 0 Å². The van der Waals surface area contributed by atoms with E-state index in [4.69, 9.17) is 5.11 Å². The minimum Gasteiger partial charge on any atom is -0.481 e. The Kier molecular flexibility index (Phi) is 2.64. The summed E-state index contributed by atoms with van der Waals surface area (Å²) in [6, 6.07) is 7.69. The largest absolute Gasteiger partial charge is 0.481 e. The van der Waals surface area contributed by atoms with Crippen LogP contribution in [-0.4, -0.2) is 21.0 Å². The van der Waals surface area contributed by atoms with Crippen molar-refractivity contribution >= 4 is 17.0 Å². The zero-order valence-electron chi connectivity index (χ0n) is 9.27. The topological polar surface area (TPSA) is 66.0 Å². The molecule has 2 N–H and O–H groups in total. The number of benzene rings is 1. The van der Waals surface area contributed by atoms with Gasteiger partial charge in [-0.05, 0) is 12.1 Å². The molecule has 0 aliphatic rings.